The number of hydrogen-bond acceptors (Lipinski definition) is 10. The van der Waals surface area contributed by atoms with E-state index in [9.17, 15) is 14.4 Å². The van der Waals surface area contributed by atoms with Crippen LogP contribution in [-0.2, 0) is 33.8 Å². The van der Waals surface area contributed by atoms with Gasteiger partial charge in [0.05, 0.1) is 29.6 Å². The van der Waals surface area contributed by atoms with Gasteiger partial charge in [-0.15, -0.1) is 0 Å². The molecular formula is C36H36N8O6. The molecule has 7 rings (SSSR count). The van der Waals surface area contributed by atoms with Crippen LogP contribution in [-0.4, -0.2) is 90.4 Å². The minimum Gasteiger partial charge on any atom is -0.478 e. The lowest BCUT2D eigenvalue weighted by molar-refractivity contribution is -0.129. The van der Waals surface area contributed by atoms with Gasteiger partial charge in [0.15, 0.2) is 5.82 Å². The maximum absolute atomic E-state index is 12.7. The number of carboxylic acid groups (broad SMARTS) is 1. The molecule has 256 valence electrons. The van der Waals surface area contributed by atoms with Gasteiger partial charge in [0.1, 0.15) is 12.3 Å². The number of carboxylic acids is 1. The Hall–Kier alpha value is -5.60. The first-order valence-corrected chi connectivity index (χ1v) is 16.5. The quantitative estimate of drug-likeness (QED) is 0.206. The van der Waals surface area contributed by atoms with Crippen LogP contribution in [0.2, 0.25) is 0 Å². The molecule has 0 bridgehead atoms. The van der Waals surface area contributed by atoms with Crippen molar-refractivity contribution in [2.45, 2.75) is 45.4 Å². The van der Waals surface area contributed by atoms with Crippen molar-refractivity contribution >= 4 is 28.6 Å². The average Bonchev–Trinajstić information content (AvgIpc) is 3.53. The van der Waals surface area contributed by atoms with Gasteiger partial charge in [-0.25, -0.2) is 14.8 Å². The third kappa shape index (κ3) is 6.93. The molecule has 14 nitrogen and oxygen atoms in total. The maximum atomic E-state index is 12.7. The molecule has 6 heterocycles. The van der Waals surface area contributed by atoms with Gasteiger partial charge in [-0.2, -0.15) is 5.10 Å². The zero-order valence-corrected chi connectivity index (χ0v) is 27.5. The maximum Gasteiger partial charge on any atom is 0.338 e. The number of carbonyl (C=O) groups excluding carboxylic acids is 2. The van der Waals surface area contributed by atoms with E-state index in [1.165, 1.54) is 18.1 Å². The summed E-state index contributed by atoms with van der Waals surface area (Å²) >= 11 is 0. The van der Waals surface area contributed by atoms with Gasteiger partial charge in [-0.05, 0) is 36.4 Å². The molecule has 2 aliphatic heterocycles. The van der Waals surface area contributed by atoms with Crippen molar-refractivity contribution in [2.24, 2.45) is 0 Å². The van der Waals surface area contributed by atoms with Crippen LogP contribution >= 0.6 is 0 Å². The second-order valence-electron chi connectivity index (χ2n) is 12.3. The largest absolute Gasteiger partial charge is 0.478 e. The predicted molar refractivity (Wildman–Crippen MR) is 181 cm³/mol. The van der Waals surface area contributed by atoms with Crippen LogP contribution in [0.5, 0.6) is 0 Å². The number of benzene rings is 1. The average molecular weight is 677 g/mol. The van der Waals surface area contributed by atoms with Gasteiger partial charge < -0.3 is 24.8 Å². The Balaban J connectivity index is 1.04. The Kier molecular flexibility index (Phi) is 9.54. The van der Waals surface area contributed by atoms with Crippen molar-refractivity contribution in [3.05, 3.63) is 89.5 Å². The van der Waals surface area contributed by atoms with E-state index in [-0.39, 0.29) is 48.9 Å². The summed E-state index contributed by atoms with van der Waals surface area (Å²) in [6.45, 7) is 4.81. The summed E-state index contributed by atoms with van der Waals surface area (Å²) in [4.78, 5) is 54.9. The summed E-state index contributed by atoms with van der Waals surface area (Å²) < 4.78 is 13.3. The number of nitrogens with zero attached hydrogens (tertiary/aromatic N) is 7. The van der Waals surface area contributed by atoms with Gasteiger partial charge in [0.2, 0.25) is 5.91 Å². The Morgan fingerprint density at radius 2 is 1.84 bits per heavy atom. The summed E-state index contributed by atoms with van der Waals surface area (Å²) in [5, 5.41) is 18.9. The number of nitrogens with one attached hydrogen (secondary N) is 1. The van der Waals surface area contributed by atoms with Gasteiger partial charge >= 0.3 is 5.97 Å². The highest BCUT2D eigenvalue weighted by atomic mass is 16.5. The lowest BCUT2D eigenvalue weighted by Gasteiger charge is -2.29. The fraction of sp³-hybridized carbons (Fsp3) is 0.333. The molecular weight excluding hydrogens is 640 g/mol. The van der Waals surface area contributed by atoms with Crippen LogP contribution in [0.15, 0.2) is 61.2 Å². The molecule has 1 saturated heterocycles. The SMILES string of the molecule is CC(=O)N1CCc2c(c(-c3cccc4cc(-c5ccc(C(=O)NCCOCc6ncc(C(=O)O)cn6)nc5)ncc34)nn2C2CCOCC2)C1. The highest BCUT2D eigenvalue weighted by Crippen LogP contribution is 2.37. The minimum atomic E-state index is -1.10. The molecule has 5 aromatic rings. The summed E-state index contributed by atoms with van der Waals surface area (Å²) in [5.41, 5.74) is 5.91. The molecule has 0 saturated carbocycles. The van der Waals surface area contributed by atoms with Crippen molar-refractivity contribution in [2.75, 3.05) is 32.9 Å². The molecule has 0 aliphatic carbocycles. The molecule has 0 atom stereocenters. The van der Waals surface area contributed by atoms with Crippen molar-refractivity contribution in [3.63, 3.8) is 0 Å². The summed E-state index contributed by atoms with van der Waals surface area (Å²) in [7, 11) is 0. The number of carbonyl (C=O) groups is 3. The predicted octanol–water partition coefficient (Wildman–Crippen LogP) is 3.85. The Labute approximate surface area is 287 Å². The molecule has 4 aromatic heterocycles. The topological polar surface area (TPSA) is 175 Å². The molecule has 2 aliphatic rings. The number of pyridine rings is 2. The van der Waals surface area contributed by atoms with Gasteiger partial charge in [-0.1, -0.05) is 18.2 Å². The molecule has 2 amide bonds. The number of rotatable bonds is 10. The molecule has 14 heteroatoms. The number of aromatic carboxylic acids is 1. The van der Waals surface area contributed by atoms with Crippen LogP contribution in [0.25, 0.3) is 33.3 Å². The number of aromatic nitrogens is 6. The van der Waals surface area contributed by atoms with Gasteiger partial charge in [-0.3, -0.25) is 24.2 Å². The number of ether oxygens (including phenoxy) is 2. The van der Waals surface area contributed by atoms with E-state index in [0.29, 0.717) is 18.9 Å². The fourth-order valence-corrected chi connectivity index (χ4v) is 6.41. The third-order valence-electron chi connectivity index (χ3n) is 9.10. The summed E-state index contributed by atoms with van der Waals surface area (Å²) in [6, 6.07) is 11.9. The molecule has 2 N–H and O–H groups in total. The van der Waals surface area contributed by atoms with E-state index in [1.54, 1.807) is 19.2 Å². The Morgan fingerprint density at radius 1 is 1.02 bits per heavy atom. The number of amides is 2. The monoisotopic (exact) mass is 676 g/mol. The lowest BCUT2D eigenvalue weighted by Crippen LogP contribution is -2.35. The second kappa shape index (κ2) is 14.5. The highest BCUT2D eigenvalue weighted by molar-refractivity contribution is 5.98. The number of fused-ring (bicyclic) bond motifs is 2. The Morgan fingerprint density at radius 3 is 2.58 bits per heavy atom. The normalized spacial score (nSPS) is 14.8. The molecule has 1 aromatic carbocycles. The third-order valence-corrected chi connectivity index (χ3v) is 9.10. The molecule has 0 radical (unpaired) electrons. The van der Waals surface area contributed by atoms with Crippen LogP contribution in [0.3, 0.4) is 0 Å². The zero-order valence-electron chi connectivity index (χ0n) is 27.5. The molecule has 0 unspecified atom stereocenters. The number of hydrogen-bond donors (Lipinski definition) is 2. The summed E-state index contributed by atoms with van der Waals surface area (Å²) in [6.07, 6.45) is 8.52. The molecule has 1 fully saturated rings. The van der Waals surface area contributed by atoms with E-state index in [2.05, 4.69) is 31.0 Å². The standard InChI is InChI=1S/C36H36N8O6/c1-22(45)43-11-7-32-29(20-43)34(42-44(32)26-8-12-49-13-9-26)27-4-2-3-23-15-31(39-19-28(23)27)24-5-6-30(38-16-24)35(46)37-10-14-50-21-33-40-17-25(18-41-33)36(47)48/h2-6,15-19,26H,7-14,20-21H2,1H3,(H,37,46)(H,47,48). The molecule has 0 spiro atoms. The second-order valence-corrected chi connectivity index (χ2v) is 12.3. The van der Waals surface area contributed by atoms with Crippen LogP contribution in [0, 0.1) is 0 Å². The first kappa shape index (κ1) is 32.9. The van der Waals surface area contributed by atoms with Gasteiger partial charge in [0, 0.05) is 98.8 Å². The van der Waals surface area contributed by atoms with Gasteiger partial charge in [0.25, 0.3) is 5.91 Å². The van der Waals surface area contributed by atoms with E-state index < -0.39 is 5.97 Å². The first-order chi connectivity index (χ1) is 24.4. The van der Waals surface area contributed by atoms with Crippen LogP contribution in [0.4, 0.5) is 0 Å². The van der Waals surface area contributed by atoms with Crippen molar-refractivity contribution < 1.29 is 29.0 Å². The lowest BCUT2D eigenvalue weighted by atomic mass is 9.96. The first-order valence-electron chi connectivity index (χ1n) is 16.5. The van der Waals surface area contributed by atoms with E-state index in [1.807, 2.05) is 35.4 Å². The zero-order chi connectivity index (χ0) is 34.6. The highest BCUT2D eigenvalue weighted by Gasteiger charge is 2.30. The summed E-state index contributed by atoms with van der Waals surface area (Å²) in [5.74, 6) is -1.04. The van der Waals surface area contributed by atoms with Crippen molar-refractivity contribution in [3.8, 4) is 22.5 Å². The van der Waals surface area contributed by atoms with Crippen LogP contribution in [0.1, 0.15) is 63.7 Å². The molecule has 50 heavy (non-hydrogen) atoms. The minimum absolute atomic E-state index is 0.00239. The fourth-order valence-electron chi connectivity index (χ4n) is 6.41. The van der Waals surface area contributed by atoms with E-state index in [4.69, 9.17) is 24.7 Å². The van der Waals surface area contributed by atoms with Crippen molar-refractivity contribution in [1.82, 2.24) is 39.9 Å². The van der Waals surface area contributed by atoms with E-state index >= 15 is 0 Å². The van der Waals surface area contributed by atoms with E-state index in [0.717, 1.165) is 71.3 Å². The van der Waals surface area contributed by atoms with Crippen LogP contribution < -0.4 is 5.32 Å². The van der Waals surface area contributed by atoms with Crippen molar-refractivity contribution in [1.29, 1.82) is 0 Å². The Bertz CT molecular complexity index is 2040. The smallest absolute Gasteiger partial charge is 0.338 e.